The van der Waals surface area contributed by atoms with Gasteiger partial charge in [0.15, 0.2) is 12.2 Å². The van der Waals surface area contributed by atoms with E-state index in [2.05, 4.69) is 55.4 Å². The smallest absolute Gasteiger partial charge is 0.462 e. The van der Waals surface area contributed by atoms with Crippen molar-refractivity contribution in [3.63, 3.8) is 0 Å². The second-order valence-electron chi connectivity index (χ2n) is 26.4. The number of ether oxygens (including phenoxy) is 4. The molecule has 522 valence electrons. The van der Waals surface area contributed by atoms with Crippen molar-refractivity contribution in [2.45, 2.75) is 356 Å². The summed E-state index contributed by atoms with van der Waals surface area (Å²) in [5.74, 6) is 0.881. The Balaban J connectivity index is 5.27. The van der Waals surface area contributed by atoms with E-state index in [0.717, 1.165) is 120 Å². The number of esters is 4. The van der Waals surface area contributed by atoms with Crippen LogP contribution in [0.4, 0.5) is 0 Å². The Bertz CT molecular complexity index is 1750. The molecule has 0 fully saturated rings. The standard InChI is InChI=1S/C69H134O17P2/c1-9-61(7)47-39-31-23-17-11-12-18-24-33-41-49-66(71)79-55-64(85-68(73)51-43-35-25-19-13-15-21-29-37-45-59(3)4)57-83-87(75,76)81-53-63(70)54-82-88(77,78)84-58-65(56-80-67(72)50-42-34-28-27-32-40-48-62(8)10-2)86-69(74)52-44-36-26-20-14-16-22-30-38-46-60(5)6/h59-65,70H,9-58H2,1-8H3,(H,75,76)(H,77,78)/t61?,62?,63-,64-,65-/m1/s1. The van der Waals surface area contributed by atoms with E-state index in [1.165, 1.54) is 135 Å². The van der Waals surface area contributed by atoms with Gasteiger partial charge in [-0.05, 0) is 49.4 Å². The number of carbonyl (C=O) groups excluding carboxylic acids is 4. The Morgan fingerprint density at radius 1 is 0.318 bits per heavy atom. The largest absolute Gasteiger partial charge is 0.472 e. The van der Waals surface area contributed by atoms with Gasteiger partial charge in [0.2, 0.25) is 0 Å². The molecule has 17 nitrogen and oxygen atoms in total. The first-order valence-corrected chi connectivity index (χ1v) is 38.8. The average molecular weight is 1300 g/mol. The van der Waals surface area contributed by atoms with Gasteiger partial charge in [0, 0.05) is 25.7 Å². The van der Waals surface area contributed by atoms with Crippen LogP contribution in [0, 0.1) is 23.7 Å². The number of unbranched alkanes of at least 4 members (excludes halogenated alkanes) is 30. The summed E-state index contributed by atoms with van der Waals surface area (Å²) in [6, 6.07) is 0. The van der Waals surface area contributed by atoms with Crippen molar-refractivity contribution in [3.8, 4) is 0 Å². The normalized spacial score (nSPS) is 14.9. The third-order valence-corrected chi connectivity index (χ3v) is 18.4. The summed E-state index contributed by atoms with van der Waals surface area (Å²) >= 11 is 0. The predicted molar refractivity (Wildman–Crippen MR) is 354 cm³/mol. The van der Waals surface area contributed by atoms with Gasteiger partial charge in [-0.25, -0.2) is 9.13 Å². The second-order valence-corrected chi connectivity index (χ2v) is 29.3. The third kappa shape index (κ3) is 60.3. The van der Waals surface area contributed by atoms with Gasteiger partial charge in [0.05, 0.1) is 26.4 Å². The minimum Gasteiger partial charge on any atom is -0.462 e. The highest BCUT2D eigenvalue weighted by Crippen LogP contribution is 2.45. The highest BCUT2D eigenvalue weighted by atomic mass is 31.2. The van der Waals surface area contributed by atoms with Crippen LogP contribution < -0.4 is 0 Å². The molecule has 0 aliphatic heterocycles. The highest BCUT2D eigenvalue weighted by molar-refractivity contribution is 7.47. The van der Waals surface area contributed by atoms with Crippen LogP contribution in [0.3, 0.4) is 0 Å². The predicted octanol–water partition coefficient (Wildman–Crippen LogP) is 19.3. The van der Waals surface area contributed by atoms with Crippen molar-refractivity contribution in [2.24, 2.45) is 23.7 Å². The molecule has 88 heavy (non-hydrogen) atoms. The zero-order valence-corrected chi connectivity index (χ0v) is 59.1. The SMILES string of the molecule is CCC(C)CCCCCCCCCCCCC(=O)OC[C@H](COP(=O)(O)OC[C@@H](O)COP(=O)(O)OC[C@@H](COC(=O)CCCCCCCCC(C)CC)OC(=O)CCCCCCCCCCCC(C)C)OC(=O)CCCCCCCCCCCC(C)C. The molecule has 0 aromatic carbocycles. The van der Waals surface area contributed by atoms with Gasteiger partial charge in [-0.3, -0.25) is 37.3 Å². The molecule has 0 aliphatic carbocycles. The van der Waals surface area contributed by atoms with E-state index >= 15 is 0 Å². The number of aliphatic hydroxyl groups excluding tert-OH is 1. The van der Waals surface area contributed by atoms with Gasteiger partial charge in [-0.2, -0.15) is 0 Å². The molecule has 0 aromatic heterocycles. The molecule has 0 spiro atoms. The van der Waals surface area contributed by atoms with Crippen molar-refractivity contribution in [1.82, 2.24) is 0 Å². The van der Waals surface area contributed by atoms with Gasteiger partial charge >= 0.3 is 39.5 Å². The minimum absolute atomic E-state index is 0.104. The van der Waals surface area contributed by atoms with E-state index in [9.17, 15) is 43.2 Å². The summed E-state index contributed by atoms with van der Waals surface area (Å²) in [4.78, 5) is 72.5. The van der Waals surface area contributed by atoms with Crippen molar-refractivity contribution in [1.29, 1.82) is 0 Å². The lowest BCUT2D eigenvalue weighted by molar-refractivity contribution is -0.161. The van der Waals surface area contributed by atoms with E-state index in [1.54, 1.807) is 0 Å². The Morgan fingerprint density at radius 2 is 0.545 bits per heavy atom. The molecule has 0 heterocycles. The van der Waals surface area contributed by atoms with Crippen LogP contribution in [-0.2, 0) is 65.4 Å². The first-order chi connectivity index (χ1) is 42.2. The zero-order valence-electron chi connectivity index (χ0n) is 57.3. The van der Waals surface area contributed by atoms with Crippen molar-refractivity contribution in [2.75, 3.05) is 39.6 Å². The van der Waals surface area contributed by atoms with E-state index in [1.807, 2.05) is 0 Å². The number of hydrogen-bond acceptors (Lipinski definition) is 15. The molecule has 0 saturated heterocycles. The van der Waals surface area contributed by atoms with E-state index in [-0.39, 0.29) is 25.7 Å². The van der Waals surface area contributed by atoms with E-state index in [0.29, 0.717) is 25.7 Å². The Morgan fingerprint density at radius 3 is 0.807 bits per heavy atom. The van der Waals surface area contributed by atoms with Crippen LogP contribution in [0.1, 0.15) is 338 Å². The number of phosphoric ester groups is 2. The second kappa shape index (κ2) is 58.8. The molecule has 0 rings (SSSR count). The Hall–Kier alpha value is -1.94. The first-order valence-electron chi connectivity index (χ1n) is 35.8. The molecule has 0 radical (unpaired) electrons. The Labute approximate surface area is 537 Å². The molecular weight excluding hydrogens is 1160 g/mol. The lowest BCUT2D eigenvalue weighted by Crippen LogP contribution is -2.30. The van der Waals surface area contributed by atoms with Crippen LogP contribution in [0.15, 0.2) is 0 Å². The number of phosphoric acid groups is 2. The van der Waals surface area contributed by atoms with Crippen LogP contribution in [0.25, 0.3) is 0 Å². The zero-order chi connectivity index (χ0) is 65.4. The molecule has 7 atom stereocenters. The number of aliphatic hydroxyl groups is 1. The van der Waals surface area contributed by atoms with Gasteiger partial charge in [-0.1, -0.05) is 287 Å². The Kier molecular flexibility index (Phi) is 57.6. The summed E-state index contributed by atoms with van der Waals surface area (Å²) in [7, 11) is -9.90. The van der Waals surface area contributed by atoms with Crippen LogP contribution in [-0.4, -0.2) is 96.7 Å². The fourth-order valence-corrected chi connectivity index (χ4v) is 11.8. The van der Waals surface area contributed by atoms with Crippen molar-refractivity contribution >= 4 is 39.5 Å². The number of carbonyl (C=O) groups is 4. The topological polar surface area (TPSA) is 237 Å². The van der Waals surface area contributed by atoms with Crippen molar-refractivity contribution in [3.05, 3.63) is 0 Å². The fourth-order valence-electron chi connectivity index (χ4n) is 10.2. The summed E-state index contributed by atoms with van der Waals surface area (Å²) in [5.41, 5.74) is 0. The number of rotatable bonds is 66. The minimum atomic E-state index is -4.95. The maximum absolute atomic E-state index is 13.0. The molecule has 4 unspecified atom stereocenters. The molecule has 19 heteroatoms. The fraction of sp³-hybridized carbons (Fsp3) is 0.942. The van der Waals surface area contributed by atoms with Crippen molar-refractivity contribution < 1.29 is 80.2 Å². The monoisotopic (exact) mass is 1300 g/mol. The van der Waals surface area contributed by atoms with Gasteiger partial charge in [0.1, 0.15) is 19.3 Å². The lowest BCUT2D eigenvalue weighted by Gasteiger charge is -2.21. The summed E-state index contributed by atoms with van der Waals surface area (Å²) < 4.78 is 68.2. The summed E-state index contributed by atoms with van der Waals surface area (Å²) in [6.45, 7) is 14.1. The molecule has 0 saturated carbocycles. The first kappa shape index (κ1) is 86.1. The van der Waals surface area contributed by atoms with E-state index < -0.39 is 97.5 Å². The quantitative estimate of drug-likeness (QED) is 0.0222. The molecule has 0 aliphatic rings. The van der Waals surface area contributed by atoms with Gasteiger partial charge in [0.25, 0.3) is 0 Å². The molecule has 0 bridgehead atoms. The molecule has 0 amide bonds. The van der Waals surface area contributed by atoms with E-state index in [4.69, 9.17) is 37.0 Å². The number of hydrogen-bond donors (Lipinski definition) is 3. The summed E-state index contributed by atoms with van der Waals surface area (Å²) in [5, 5.41) is 10.6. The maximum atomic E-state index is 13.0. The molecular formula is C69H134O17P2. The lowest BCUT2D eigenvalue weighted by atomic mass is 9.99. The third-order valence-electron chi connectivity index (χ3n) is 16.5. The maximum Gasteiger partial charge on any atom is 0.472 e. The average Bonchev–Trinajstić information content (AvgIpc) is 3.68. The summed E-state index contributed by atoms with van der Waals surface area (Å²) in [6.07, 6.45) is 40.3. The van der Waals surface area contributed by atoms with Crippen LogP contribution in [0.5, 0.6) is 0 Å². The van der Waals surface area contributed by atoms with Crippen LogP contribution in [0.2, 0.25) is 0 Å². The molecule has 3 N–H and O–H groups in total. The van der Waals surface area contributed by atoms with Gasteiger partial charge < -0.3 is 33.8 Å². The van der Waals surface area contributed by atoms with Gasteiger partial charge in [-0.15, -0.1) is 0 Å². The molecule has 0 aromatic rings. The highest BCUT2D eigenvalue weighted by Gasteiger charge is 2.30. The van der Waals surface area contributed by atoms with Crippen LogP contribution >= 0.6 is 15.6 Å².